The molecule has 1 atom stereocenters. The molecule has 1 aliphatic heterocycles. The highest BCUT2D eigenvalue weighted by molar-refractivity contribution is 7.89. The largest absolute Gasteiger partial charge is 0.494 e. The lowest BCUT2D eigenvalue weighted by Crippen LogP contribution is -2.38. The molecular weight excluding hydrogens is 283 g/mol. The molecule has 112 valence electrons. The SMILES string of the molecule is COc1ccc(S(=O)(=O)N(C)CC2CCCN2)cc1F. The number of likely N-dealkylation sites (N-methyl/N-ethyl adjacent to an activating group) is 1. The monoisotopic (exact) mass is 302 g/mol. The number of hydrogen-bond donors (Lipinski definition) is 1. The highest BCUT2D eigenvalue weighted by atomic mass is 32.2. The van der Waals surface area contributed by atoms with E-state index in [0.717, 1.165) is 25.5 Å². The first-order valence-electron chi connectivity index (χ1n) is 6.48. The summed E-state index contributed by atoms with van der Waals surface area (Å²) in [5, 5.41) is 3.24. The van der Waals surface area contributed by atoms with Gasteiger partial charge in [-0.2, -0.15) is 4.31 Å². The predicted molar refractivity (Wildman–Crippen MR) is 73.8 cm³/mol. The van der Waals surface area contributed by atoms with Crippen molar-refractivity contribution in [2.45, 2.75) is 23.8 Å². The number of benzene rings is 1. The molecule has 1 heterocycles. The van der Waals surface area contributed by atoms with Crippen LogP contribution >= 0.6 is 0 Å². The Bertz CT molecular complexity index is 571. The van der Waals surface area contributed by atoms with Crippen LogP contribution in [0.25, 0.3) is 0 Å². The molecule has 1 unspecified atom stereocenters. The van der Waals surface area contributed by atoms with Crippen molar-refractivity contribution in [3.8, 4) is 5.75 Å². The lowest BCUT2D eigenvalue weighted by atomic mass is 10.2. The molecule has 1 aromatic rings. The van der Waals surface area contributed by atoms with Gasteiger partial charge in [-0.1, -0.05) is 0 Å². The number of ether oxygens (including phenoxy) is 1. The minimum Gasteiger partial charge on any atom is -0.494 e. The average Bonchev–Trinajstić information content (AvgIpc) is 2.91. The van der Waals surface area contributed by atoms with Gasteiger partial charge >= 0.3 is 0 Å². The number of rotatable bonds is 5. The molecule has 5 nitrogen and oxygen atoms in total. The van der Waals surface area contributed by atoms with E-state index in [1.165, 1.54) is 30.6 Å². The second kappa shape index (κ2) is 6.07. The first-order chi connectivity index (χ1) is 9.45. The zero-order valence-corrected chi connectivity index (χ0v) is 12.4. The van der Waals surface area contributed by atoms with Gasteiger partial charge in [0.05, 0.1) is 12.0 Å². The van der Waals surface area contributed by atoms with Crippen LogP contribution in [0, 0.1) is 5.82 Å². The number of methoxy groups -OCH3 is 1. The summed E-state index contributed by atoms with van der Waals surface area (Å²) in [6.07, 6.45) is 2.01. The Morgan fingerprint density at radius 2 is 2.25 bits per heavy atom. The summed E-state index contributed by atoms with van der Waals surface area (Å²) in [4.78, 5) is -0.0590. The zero-order chi connectivity index (χ0) is 14.8. The van der Waals surface area contributed by atoms with E-state index in [0.29, 0.717) is 6.54 Å². The van der Waals surface area contributed by atoms with Crippen LogP contribution in [-0.2, 0) is 10.0 Å². The van der Waals surface area contributed by atoms with E-state index in [4.69, 9.17) is 4.74 Å². The van der Waals surface area contributed by atoms with Crippen LogP contribution in [0.4, 0.5) is 4.39 Å². The Labute approximate surface area is 118 Å². The van der Waals surface area contributed by atoms with Crippen LogP contribution in [0.5, 0.6) is 5.75 Å². The standard InChI is InChI=1S/C13H19FN2O3S/c1-16(9-10-4-3-7-15-10)20(17,18)11-5-6-13(19-2)12(14)8-11/h5-6,8,10,15H,3-4,7,9H2,1-2H3. The molecule has 0 aliphatic carbocycles. The average molecular weight is 302 g/mol. The van der Waals surface area contributed by atoms with Gasteiger partial charge in [-0.25, -0.2) is 12.8 Å². The third kappa shape index (κ3) is 3.11. The molecule has 1 aromatic carbocycles. The fraction of sp³-hybridized carbons (Fsp3) is 0.538. The molecule has 0 saturated carbocycles. The fourth-order valence-corrected chi connectivity index (χ4v) is 3.54. The maximum atomic E-state index is 13.6. The quantitative estimate of drug-likeness (QED) is 0.888. The Morgan fingerprint density at radius 3 is 2.80 bits per heavy atom. The molecule has 1 saturated heterocycles. The van der Waals surface area contributed by atoms with Crippen molar-refractivity contribution in [1.29, 1.82) is 0 Å². The van der Waals surface area contributed by atoms with Gasteiger partial charge in [0.1, 0.15) is 0 Å². The topological polar surface area (TPSA) is 58.6 Å². The van der Waals surface area contributed by atoms with Crippen LogP contribution in [-0.4, -0.2) is 46.0 Å². The molecule has 0 amide bonds. The minimum absolute atomic E-state index is 0.0315. The summed E-state index contributed by atoms with van der Waals surface area (Å²) in [6.45, 7) is 1.30. The van der Waals surface area contributed by atoms with Gasteiger partial charge < -0.3 is 10.1 Å². The molecular formula is C13H19FN2O3S. The van der Waals surface area contributed by atoms with Crippen LogP contribution in [0.1, 0.15) is 12.8 Å². The highest BCUT2D eigenvalue weighted by Gasteiger charge is 2.26. The number of nitrogens with zero attached hydrogens (tertiary/aromatic N) is 1. The van der Waals surface area contributed by atoms with Crippen LogP contribution < -0.4 is 10.1 Å². The Balaban J connectivity index is 2.18. The van der Waals surface area contributed by atoms with Gasteiger partial charge in [-0.05, 0) is 37.6 Å². The lowest BCUT2D eigenvalue weighted by molar-refractivity contribution is 0.385. The maximum Gasteiger partial charge on any atom is 0.242 e. The summed E-state index contributed by atoms with van der Waals surface area (Å²) < 4.78 is 44.4. The van der Waals surface area contributed by atoms with E-state index in [9.17, 15) is 12.8 Å². The number of sulfonamides is 1. The van der Waals surface area contributed by atoms with Gasteiger partial charge in [0.25, 0.3) is 0 Å². The van der Waals surface area contributed by atoms with Gasteiger partial charge in [0.2, 0.25) is 10.0 Å². The molecule has 0 radical (unpaired) electrons. The third-order valence-corrected chi connectivity index (χ3v) is 5.29. The highest BCUT2D eigenvalue weighted by Crippen LogP contribution is 2.23. The fourth-order valence-electron chi connectivity index (χ4n) is 2.31. The van der Waals surface area contributed by atoms with Gasteiger partial charge in [0, 0.05) is 19.6 Å². The van der Waals surface area contributed by atoms with Crippen LogP contribution in [0.2, 0.25) is 0 Å². The van der Waals surface area contributed by atoms with Crippen molar-refractivity contribution in [3.63, 3.8) is 0 Å². The normalized spacial score (nSPS) is 19.5. The molecule has 0 spiro atoms. The summed E-state index contributed by atoms with van der Waals surface area (Å²) >= 11 is 0. The van der Waals surface area contributed by atoms with Crippen molar-refractivity contribution in [1.82, 2.24) is 9.62 Å². The van der Waals surface area contributed by atoms with E-state index in [1.54, 1.807) is 0 Å². The summed E-state index contributed by atoms with van der Waals surface area (Å²) in [5.41, 5.74) is 0. The molecule has 20 heavy (non-hydrogen) atoms. The summed E-state index contributed by atoms with van der Waals surface area (Å²) in [7, 11) is -0.827. The molecule has 2 rings (SSSR count). The minimum atomic E-state index is -3.68. The predicted octanol–water partition coefficient (Wildman–Crippen LogP) is 1.21. The van der Waals surface area contributed by atoms with Crippen LogP contribution in [0.3, 0.4) is 0 Å². The number of nitrogens with one attached hydrogen (secondary N) is 1. The van der Waals surface area contributed by atoms with Gasteiger partial charge in [0.15, 0.2) is 11.6 Å². The molecule has 1 aliphatic rings. The van der Waals surface area contributed by atoms with E-state index in [1.807, 2.05) is 0 Å². The number of hydrogen-bond acceptors (Lipinski definition) is 4. The Hall–Kier alpha value is -1.18. The van der Waals surface area contributed by atoms with Crippen molar-refractivity contribution >= 4 is 10.0 Å². The molecule has 0 aromatic heterocycles. The second-order valence-electron chi connectivity index (χ2n) is 4.88. The van der Waals surface area contributed by atoms with E-state index in [-0.39, 0.29) is 16.7 Å². The molecule has 7 heteroatoms. The van der Waals surface area contributed by atoms with Gasteiger partial charge in [-0.3, -0.25) is 0 Å². The third-order valence-electron chi connectivity index (χ3n) is 3.47. The second-order valence-corrected chi connectivity index (χ2v) is 6.92. The first kappa shape index (κ1) is 15.2. The van der Waals surface area contributed by atoms with Crippen LogP contribution in [0.15, 0.2) is 23.1 Å². The Morgan fingerprint density at radius 1 is 1.50 bits per heavy atom. The van der Waals surface area contributed by atoms with Crippen molar-refractivity contribution in [2.75, 3.05) is 27.2 Å². The summed E-state index contributed by atoms with van der Waals surface area (Å²) in [6, 6.07) is 3.84. The smallest absolute Gasteiger partial charge is 0.242 e. The van der Waals surface area contributed by atoms with E-state index >= 15 is 0 Å². The van der Waals surface area contributed by atoms with Crippen molar-refractivity contribution in [2.24, 2.45) is 0 Å². The lowest BCUT2D eigenvalue weighted by Gasteiger charge is -2.21. The van der Waals surface area contributed by atoms with Gasteiger partial charge in [-0.15, -0.1) is 0 Å². The number of halogens is 1. The van der Waals surface area contributed by atoms with Crippen molar-refractivity contribution in [3.05, 3.63) is 24.0 Å². The van der Waals surface area contributed by atoms with E-state index in [2.05, 4.69) is 5.32 Å². The maximum absolute atomic E-state index is 13.6. The Kier molecular flexibility index (Phi) is 4.62. The molecule has 1 N–H and O–H groups in total. The summed E-state index contributed by atoms with van der Waals surface area (Å²) in [5.74, 6) is -0.648. The van der Waals surface area contributed by atoms with Crippen molar-refractivity contribution < 1.29 is 17.5 Å². The first-order valence-corrected chi connectivity index (χ1v) is 7.92. The zero-order valence-electron chi connectivity index (χ0n) is 11.6. The van der Waals surface area contributed by atoms with E-state index < -0.39 is 15.8 Å². The molecule has 1 fully saturated rings. The molecule has 0 bridgehead atoms.